The maximum absolute atomic E-state index is 6.36. The number of hydrogen-bond donors (Lipinski definition) is 0. The highest BCUT2D eigenvalue weighted by Crippen LogP contribution is 2.39. The Bertz CT molecular complexity index is 173. The summed E-state index contributed by atoms with van der Waals surface area (Å²) in [6.07, 6.45) is 6.06. The molecular weight excluding hydrogens is 190 g/mol. The molecule has 0 fully saturated rings. The van der Waals surface area contributed by atoms with Crippen LogP contribution in [0.25, 0.3) is 0 Å². The van der Waals surface area contributed by atoms with E-state index in [1.165, 1.54) is 12.8 Å². The molecule has 0 aliphatic heterocycles. The second-order valence-corrected chi connectivity index (χ2v) is 5.42. The quantitative estimate of drug-likeness (QED) is 0.434. The molecule has 0 aromatic heterocycles. The first-order valence-corrected chi connectivity index (χ1v) is 6.17. The highest BCUT2D eigenvalue weighted by atomic mass is 35.5. The van der Waals surface area contributed by atoms with Crippen LogP contribution in [0.1, 0.15) is 53.9 Å². The first-order valence-electron chi connectivity index (χ1n) is 5.73. The third-order valence-electron chi connectivity index (χ3n) is 3.23. The zero-order valence-corrected chi connectivity index (χ0v) is 11.1. The molecule has 0 aliphatic rings. The summed E-state index contributed by atoms with van der Waals surface area (Å²) in [6.45, 7) is 11.1. The third kappa shape index (κ3) is 4.55. The normalized spacial score (nSPS) is 12.8. The van der Waals surface area contributed by atoms with Gasteiger partial charge in [-0.05, 0) is 17.7 Å². The van der Waals surface area contributed by atoms with Gasteiger partial charge in [-0.3, -0.25) is 0 Å². The van der Waals surface area contributed by atoms with E-state index in [1.807, 2.05) is 0 Å². The van der Waals surface area contributed by atoms with E-state index < -0.39 is 0 Å². The molecular formula is C12H24BCl. The van der Waals surface area contributed by atoms with E-state index in [4.69, 9.17) is 11.5 Å². The van der Waals surface area contributed by atoms with Crippen molar-refractivity contribution in [2.45, 2.75) is 59.2 Å². The van der Waals surface area contributed by atoms with Gasteiger partial charge in [0.1, 0.15) is 0 Å². The van der Waals surface area contributed by atoms with Crippen LogP contribution in [0, 0.1) is 5.92 Å². The van der Waals surface area contributed by atoms with Gasteiger partial charge in [-0.1, -0.05) is 53.5 Å². The fraction of sp³-hybridized carbons (Fsp3) is 0.833. The van der Waals surface area contributed by atoms with Crippen molar-refractivity contribution in [2.24, 2.45) is 5.92 Å². The average molecular weight is 215 g/mol. The van der Waals surface area contributed by atoms with E-state index in [2.05, 4.69) is 46.7 Å². The Hall–Kier alpha value is 0.0949. The van der Waals surface area contributed by atoms with Gasteiger partial charge in [0.15, 0.2) is 0 Å². The number of unbranched alkanes of at least 4 members (excludes halogenated alkanes) is 2. The van der Waals surface area contributed by atoms with Crippen molar-refractivity contribution in [2.75, 3.05) is 0 Å². The molecule has 0 amide bonds. The highest BCUT2D eigenvalue weighted by Gasteiger charge is 2.32. The Morgan fingerprint density at radius 2 is 1.93 bits per heavy atom. The Labute approximate surface area is 95.1 Å². The summed E-state index contributed by atoms with van der Waals surface area (Å²) in [4.78, 5) is 0. The minimum absolute atomic E-state index is 0.152. The second kappa shape index (κ2) is 6.56. The molecule has 0 spiro atoms. The van der Waals surface area contributed by atoms with Crippen molar-refractivity contribution in [3.05, 3.63) is 12.1 Å². The SMILES string of the molecule is CCCC/C=C/B(Cl)C(C)(C)C(C)C. The zero-order chi connectivity index (χ0) is 11.2. The van der Waals surface area contributed by atoms with Gasteiger partial charge in [0.2, 0.25) is 0 Å². The Balaban J connectivity index is 4.06. The van der Waals surface area contributed by atoms with Crippen molar-refractivity contribution in [3.63, 3.8) is 0 Å². The first kappa shape index (κ1) is 14.1. The molecule has 0 bridgehead atoms. The van der Waals surface area contributed by atoms with E-state index in [-0.39, 0.29) is 11.4 Å². The standard InChI is InChI=1S/C12H24BCl/c1-6-7-8-9-10-13(14)12(4,5)11(2)3/h9-11H,6-8H2,1-5H3/b10-9+. The minimum Gasteiger partial charge on any atom is -0.189 e. The first-order chi connectivity index (χ1) is 6.42. The molecule has 82 valence electrons. The van der Waals surface area contributed by atoms with Gasteiger partial charge in [-0.25, -0.2) is 0 Å². The minimum atomic E-state index is 0.152. The van der Waals surface area contributed by atoms with Gasteiger partial charge in [-0.15, -0.1) is 5.98 Å². The van der Waals surface area contributed by atoms with E-state index in [9.17, 15) is 0 Å². The number of allylic oxidation sites excluding steroid dienone is 1. The molecule has 0 atom stereocenters. The lowest BCUT2D eigenvalue weighted by Gasteiger charge is -2.30. The topological polar surface area (TPSA) is 0 Å². The molecule has 14 heavy (non-hydrogen) atoms. The Kier molecular flexibility index (Phi) is 6.60. The van der Waals surface area contributed by atoms with E-state index >= 15 is 0 Å². The van der Waals surface area contributed by atoms with E-state index in [1.54, 1.807) is 0 Å². The van der Waals surface area contributed by atoms with Gasteiger partial charge in [0.05, 0.1) is 0 Å². The van der Waals surface area contributed by atoms with Crippen LogP contribution in [0.2, 0.25) is 5.31 Å². The van der Waals surface area contributed by atoms with Crippen LogP contribution in [0.3, 0.4) is 0 Å². The van der Waals surface area contributed by atoms with Crippen molar-refractivity contribution in [1.29, 1.82) is 0 Å². The van der Waals surface area contributed by atoms with Crippen molar-refractivity contribution in [3.8, 4) is 0 Å². The van der Waals surface area contributed by atoms with Crippen LogP contribution in [0.4, 0.5) is 0 Å². The molecule has 0 rings (SSSR count). The summed E-state index contributed by atoms with van der Waals surface area (Å²) >= 11 is 6.36. The molecule has 0 nitrogen and oxygen atoms in total. The lowest BCUT2D eigenvalue weighted by molar-refractivity contribution is 0.473. The van der Waals surface area contributed by atoms with Crippen molar-refractivity contribution in [1.82, 2.24) is 0 Å². The van der Waals surface area contributed by atoms with Gasteiger partial charge in [0, 0.05) is 0 Å². The van der Waals surface area contributed by atoms with Crippen LogP contribution in [-0.4, -0.2) is 6.13 Å². The largest absolute Gasteiger partial charge is 0.281 e. The summed E-state index contributed by atoms with van der Waals surface area (Å²) in [5, 5.41) is 0.185. The zero-order valence-electron chi connectivity index (χ0n) is 10.3. The lowest BCUT2D eigenvalue weighted by atomic mass is 9.48. The predicted molar refractivity (Wildman–Crippen MR) is 69.2 cm³/mol. The van der Waals surface area contributed by atoms with Crippen LogP contribution >= 0.6 is 11.5 Å². The molecule has 0 N–H and O–H groups in total. The van der Waals surface area contributed by atoms with Crippen molar-refractivity contribution < 1.29 is 0 Å². The summed E-state index contributed by atoms with van der Waals surface area (Å²) in [7, 11) is 0. The predicted octanol–water partition coefficient (Wildman–Crippen LogP) is 4.94. The molecule has 0 saturated heterocycles. The summed E-state index contributed by atoms with van der Waals surface area (Å²) in [5.41, 5.74) is 0. The molecule has 0 aromatic rings. The fourth-order valence-electron chi connectivity index (χ4n) is 1.10. The maximum Gasteiger partial charge on any atom is 0.281 e. The Morgan fingerprint density at radius 1 is 1.36 bits per heavy atom. The van der Waals surface area contributed by atoms with Gasteiger partial charge >= 0.3 is 0 Å². The van der Waals surface area contributed by atoms with Crippen LogP contribution in [0.15, 0.2) is 12.1 Å². The number of halogens is 1. The summed E-state index contributed by atoms with van der Waals surface area (Å²) < 4.78 is 0. The van der Waals surface area contributed by atoms with E-state index in [0.717, 1.165) is 6.42 Å². The summed E-state index contributed by atoms with van der Waals surface area (Å²) in [6, 6.07) is 0. The van der Waals surface area contributed by atoms with Gasteiger partial charge in [0.25, 0.3) is 6.13 Å². The highest BCUT2D eigenvalue weighted by molar-refractivity contribution is 7.11. The molecule has 0 aromatic carbocycles. The average Bonchev–Trinajstić information content (AvgIpc) is 2.11. The molecule has 2 heteroatoms. The number of rotatable bonds is 6. The van der Waals surface area contributed by atoms with Crippen LogP contribution in [0.5, 0.6) is 0 Å². The van der Waals surface area contributed by atoms with Crippen molar-refractivity contribution >= 4 is 17.6 Å². The molecule has 0 heterocycles. The Morgan fingerprint density at radius 3 is 2.36 bits per heavy atom. The number of hydrogen-bond acceptors (Lipinski definition) is 0. The van der Waals surface area contributed by atoms with E-state index in [0.29, 0.717) is 5.92 Å². The molecule has 0 aliphatic carbocycles. The van der Waals surface area contributed by atoms with Crippen LogP contribution < -0.4 is 0 Å². The molecule has 0 radical (unpaired) electrons. The monoisotopic (exact) mass is 214 g/mol. The molecule has 0 saturated carbocycles. The van der Waals surface area contributed by atoms with Gasteiger partial charge in [-0.2, -0.15) is 11.5 Å². The smallest absolute Gasteiger partial charge is 0.189 e. The molecule has 0 unspecified atom stereocenters. The third-order valence-corrected chi connectivity index (χ3v) is 3.94. The lowest BCUT2D eigenvalue weighted by Crippen LogP contribution is -2.25. The summed E-state index contributed by atoms with van der Waals surface area (Å²) in [5.74, 6) is 2.78. The van der Waals surface area contributed by atoms with Crippen LogP contribution in [-0.2, 0) is 0 Å². The van der Waals surface area contributed by atoms with Gasteiger partial charge < -0.3 is 0 Å². The second-order valence-electron chi connectivity index (χ2n) is 4.95. The maximum atomic E-state index is 6.36. The fourth-order valence-corrected chi connectivity index (χ4v) is 1.46.